The van der Waals surface area contributed by atoms with E-state index in [1.165, 1.54) is 9.80 Å². The number of amides is 5. The second kappa shape index (κ2) is 24.8. The van der Waals surface area contributed by atoms with Gasteiger partial charge in [0.1, 0.15) is 23.8 Å². The summed E-state index contributed by atoms with van der Waals surface area (Å²) in [6.07, 6.45) is 0.428. The molecule has 0 aliphatic rings. The van der Waals surface area contributed by atoms with Crippen LogP contribution in [0, 0.1) is 17.8 Å². The van der Waals surface area contributed by atoms with Crippen LogP contribution in [0.5, 0.6) is 0 Å². The van der Waals surface area contributed by atoms with Gasteiger partial charge in [-0.15, -0.1) is 0 Å². The maximum Gasteiger partial charge on any atom is 0.410 e. The van der Waals surface area contributed by atoms with Crippen LogP contribution in [0.3, 0.4) is 0 Å². The molecule has 5 amide bonds. The summed E-state index contributed by atoms with van der Waals surface area (Å²) in [5.41, 5.74) is 5.92. The summed E-state index contributed by atoms with van der Waals surface area (Å²) >= 11 is 0. The maximum atomic E-state index is 13.6. The molecule has 0 heterocycles. The molecule has 15 nitrogen and oxygen atoms in total. The predicted molar refractivity (Wildman–Crippen MR) is 208 cm³/mol. The molecule has 0 fully saturated rings. The first-order valence-corrected chi connectivity index (χ1v) is 19.1. The van der Waals surface area contributed by atoms with Gasteiger partial charge >= 0.3 is 18.2 Å². The van der Waals surface area contributed by atoms with Crippen LogP contribution in [-0.4, -0.2) is 110 Å². The number of nitrogens with one attached hydrogen (secondary N) is 2. The van der Waals surface area contributed by atoms with Gasteiger partial charge in [0, 0.05) is 71.8 Å². The molecule has 0 bridgehead atoms. The molecule has 55 heavy (non-hydrogen) atoms. The van der Waals surface area contributed by atoms with E-state index in [2.05, 4.69) is 10.6 Å². The molecule has 0 aliphatic carbocycles. The molecule has 0 unspecified atom stereocenters. The van der Waals surface area contributed by atoms with Crippen LogP contribution in [-0.2, 0) is 46.4 Å². The zero-order chi connectivity index (χ0) is 41.7. The monoisotopic (exact) mass is 775 g/mol. The van der Waals surface area contributed by atoms with Crippen molar-refractivity contribution in [2.45, 2.75) is 112 Å². The molecule has 1 aromatic carbocycles. The molecule has 0 radical (unpaired) electrons. The molecule has 1 rings (SSSR count). The van der Waals surface area contributed by atoms with E-state index >= 15 is 0 Å². The Hall–Kier alpha value is -4.53. The van der Waals surface area contributed by atoms with E-state index in [-0.39, 0.29) is 94.3 Å². The van der Waals surface area contributed by atoms with Crippen LogP contribution in [0.2, 0.25) is 0 Å². The first-order valence-electron chi connectivity index (χ1n) is 19.1. The molecule has 4 N–H and O–H groups in total. The van der Waals surface area contributed by atoms with Gasteiger partial charge < -0.3 is 40.4 Å². The highest BCUT2D eigenvalue weighted by Gasteiger charge is 2.29. The number of ether oxygens (including phenoxy) is 3. The van der Waals surface area contributed by atoms with Crippen molar-refractivity contribution in [2.24, 2.45) is 23.5 Å². The number of rotatable bonds is 25. The largest absolute Gasteiger partial charge is 0.445 e. The topological polar surface area (TPSA) is 204 Å². The van der Waals surface area contributed by atoms with E-state index < -0.39 is 41.7 Å². The van der Waals surface area contributed by atoms with Crippen LogP contribution in [0.1, 0.15) is 98.1 Å². The van der Waals surface area contributed by atoms with Crippen LogP contribution in [0.4, 0.5) is 14.4 Å². The van der Waals surface area contributed by atoms with Gasteiger partial charge in [0.05, 0.1) is 19.3 Å². The number of likely N-dealkylation sites (N-methyl/N-ethyl adjacent to an activating group) is 2. The highest BCUT2D eigenvalue weighted by molar-refractivity contribution is 5.93. The Morgan fingerprint density at radius 2 is 1.35 bits per heavy atom. The van der Waals surface area contributed by atoms with Gasteiger partial charge in [-0.05, 0) is 56.6 Å². The number of carbonyl (C=O) groups is 7. The molecule has 15 heteroatoms. The molecule has 0 aromatic heterocycles. The summed E-state index contributed by atoms with van der Waals surface area (Å²) in [5.74, 6) is -1.29. The fourth-order valence-electron chi connectivity index (χ4n) is 5.28. The highest BCUT2D eigenvalue weighted by atomic mass is 16.6. The number of nitrogens with two attached hydrogens (primary N) is 1. The molecule has 0 spiro atoms. The Labute approximate surface area is 326 Å². The summed E-state index contributed by atoms with van der Waals surface area (Å²) in [5, 5.41) is 5.35. The normalized spacial score (nSPS) is 12.4. The lowest BCUT2D eigenvalue weighted by Crippen LogP contribution is -2.46. The summed E-state index contributed by atoms with van der Waals surface area (Å²) in [6.45, 7) is 14.0. The number of nitrogens with zero attached hydrogens (tertiary/aromatic N) is 2. The van der Waals surface area contributed by atoms with Crippen molar-refractivity contribution >= 4 is 41.5 Å². The molecule has 1 aromatic rings. The molecular formula is C40H65N5O10. The SMILES string of the molecule is CC(C)CC(=O)CCOCCC(=O)C[C@H](C(=O)N[C@@H](CCCNC(N)=O)C(=O)Cc1ccc(COC(=O)N(C)CCN(C)C(=O)OC(C)(C)C)cc1)C(C)C. The Bertz CT molecular complexity index is 1410. The number of Topliss-reactive ketones (excluding diaryl/α,β-unsaturated/α-hetero) is 3. The lowest BCUT2D eigenvalue weighted by Gasteiger charge is -2.26. The molecule has 0 saturated carbocycles. The number of primary amides is 1. The third-order valence-corrected chi connectivity index (χ3v) is 8.50. The van der Waals surface area contributed by atoms with Crippen LogP contribution >= 0.6 is 0 Å². The van der Waals surface area contributed by atoms with Crippen molar-refractivity contribution in [3.05, 3.63) is 35.4 Å². The summed E-state index contributed by atoms with van der Waals surface area (Å²) in [7, 11) is 3.15. The minimum Gasteiger partial charge on any atom is -0.445 e. The summed E-state index contributed by atoms with van der Waals surface area (Å²) in [6, 6.07) is 5.39. The number of carbonyl (C=O) groups excluding carboxylic acids is 7. The average molecular weight is 776 g/mol. The predicted octanol–water partition coefficient (Wildman–Crippen LogP) is 4.81. The van der Waals surface area contributed by atoms with Crippen LogP contribution in [0.25, 0.3) is 0 Å². The molecule has 0 saturated heterocycles. The number of hydrogen-bond acceptors (Lipinski definition) is 10. The zero-order valence-corrected chi connectivity index (χ0v) is 34.4. The van der Waals surface area contributed by atoms with E-state index in [9.17, 15) is 33.6 Å². The third kappa shape index (κ3) is 21.8. The van der Waals surface area contributed by atoms with Crippen molar-refractivity contribution in [3.8, 4) is 0 Å². The zero-order valence-electron chi connectivity index (χ0n) is 34.4. The molecule has 310 valence electrons. The average Bonchev–Trinajstić information content (AvgIpc) is 3.08. The van der Waals surface area contributed by atoms with Gasteiger partial charge in [0.25, 0.3) is 0 Å². The minimum atomic E-state index is -0.879. The first-order chi connectivity index (χ1) is 25.7. The Kier molecular flexibility index (Phi) is 21.9. The van der Waals surface area contributed by atoms with Crippen molar-refractivity contribution in [1.29, 1.82) is 0 Å². The van der Waals surface area contributed by atoms with E-state index in [4.69, 9.17) is 19.9 Å². The second-order valence-corrected chi connectivity index (χ2v) is 15.7. The highest BCUT2D eigenvalue weighted by Crippen LogP contribution is 2.19. The van der Waals surface area contributed by atoms with Gasteiger partial charge in [-0.25, -0.2) is 14.4 Å². The fourth-order valence-corrected chi connectivity index (χ4v) is 5.28. The lowest BCUT2D eigenvalue weighted by molar-refractivity contribution is -0.134. The fraction of sp³-hybridized carbons (Fsp3) is 0.675. The minimum absolute atomic E-state index is 0.00442. The van der Waals surface area contributed by atoms with Crippen molar-refractivity contribution in [1.82, 2.24) is 20.4 Å². The Balaban J connectivity index is 2.77. The number of benzene rings is 1. The van der Waals surface area contributed by atoms with Crippen LogP contribution < -0.4 is 16.4 Å². The van der Waals surface area contributed by atoms with Gasteiger partial charge in [-0.3, -0.25) is 19.2 Å². The quantitative estimate of drug-likeness (QED) is 0.116. The molecular weight excluding hydrogens is 710 g/mol. The van der Waals surface area contributed by atoms with Gasteiger partial charge in [0.2, 0.25) is 5.91 Å². The smallest absolute Gasteiger partial charge is 0.410 e. The van der Waals surface area contributed by atoms with Gasteiger partial charge in [-0.1, -0.05) is 52.0 Å². The third-order valence-electron chi connectivity index (χ3n) is 8.50. The summed E-state index contributed by atoms with van der Waals surface area (Å²) in [4.78, 5) is 90.4. The lowest BCUT2D eigenvalue weighted by atomic mass is 9.88. The Morgan fingerprint density at radius 1 is 0.800 bits per heavy atom. The van der Waals surface area contributed by atoms with E-state index in [1.54, 1.807) is 59.1 Å². The number of ketones is 3. The van der Waals surface area contributed by atoms with Gasteiger partial charge in [-0.2, -0.15) is 0 Å². The maximum absolute atomic E-state index is 13.6. The van der Waals surface area contributed by atoms with E-state index in [1.807, 2.05) is 27.7 Å². The number of urea groups is 1. The molecule has 2 atom stereocenters. The van der Waals surface area contributed by atoms with Crippen molar-refractivity contribution in [2.75, 3.05) is 46.9 Å². The standard InChI is InChI=1S/C40H65N5O10/c1-27(2)23-31(46)16-21-53-22-17-32(47)25-33(28(3)4)36(49)43-34(11-10-18-42-37(41)50)35(48)24-29-12-14-30(15-13-29)26-54-38(51)44(8)19-20-45(9)39(52)55-40(5,6)7/h12-15,27-28,33-34H,10-11,16-26H2,1-9H3,(H,43,49)(H3,41,42,50)/t33-,34-/m0/s1. The summed E-state index contributed by atoms with van der Waals surface area (Å²) < 4.78 is 16.2. The van der Waals surface area contributed by atoms with Crippen molar-refractivity contribution in [3.63, 3.8) is 0 Å². The van der Waals surface area contributed by atoms with E-state index in [0.29, 0.717) is 30.4 Å². The van der Waals surface area contributed by atoms with Crippen LogP contribution in [0.15, 0.2) is 24.3 Å². The molecule has 0 aliphatic heterocycles. The Morgan fingerprint density at radius 3 is 1.87 bits per heavy atom. The number of hydrogen-bond donors (Lipinski definition) is 3. The van der Waals surface area contributed by atoms with Crippen molar-refractivity contribution < 1.29 is 47.8 Å². The second-order valence-electron chi connectivity index (χ2n) is 15.7. The van der Waals surface area contributed by atoms with Gasteiger partial charge in [0.15, 0.2) is 5.78 Å². The van der Waals surface area contributed by atoms with E-state index in [0.717, 1.165) is 0 Å². The first kappa shape index (κ1) is 48.5.